The second-order valence-electron chi connectivity index (χ2n) is 13.2. The molecule has 14 nitrogen and oxygen atoms in total. The molecule has 0 spiro atoms. The zero-order chi connectivity index (χ0) is 37.8. The third kappa shape index (κ3) is 8.48. The van der Waals surface area contributed by atoms with Crippen molar-refractivity contribution >= 4 is 23.2 Å². The van der Waals surface area contributed by atoms with E-state index in [0.717, 1.165) is 11.1 Å². The predicted molar refractivity (Wildman–Crippen MR) is 190 cm³/mol. The van der Waals surface area contributed by atoms with E-state index in [-0.39, 0.29) is 11.1 Å². The number of rotatable bonds is 10. The lowest BCUT2D eigenvalue weighted by atomic mass is 9.90. The highest BCUT2D eigenvalue weighted by Gasteiger charge is 2.45. The molecule has 0 unspecified atom stereocenters. The quantitative estimate of drug-likeness (QED) is 0.109. The molecule has 2 aliphatic rings. The molecule has 0 aliphatic carbocycles. The van der Waals surface area contributed by atoms with Crippen molar-refractivity contribution in [2.45, 2.75) is 67.5 Å². The number of nitrogens with one attached hydrogen (secondary N) is 2. The first kappa shape index (κ1) is 38.2. The highest BCUT2D eigenvalue weighted by Crippen LogP contribution is 2.34. The van der Waals surface area contributed by atoms with Gasteiger partial charge in [0, 0.05) is 22.5 Å². The molecule has 10 N–H and O–H groups in total. The third-order valence-corrected chi connectivity index (χ3v) is 9.57. The summed E-state index contributed by atoms with van der Waals surface area (Å²) in [4.78, 5) is 26.2. The molecule has 14 heteroatoms. The summed E-state index contributed by atoms with van der Waals surface area (Å²) in [6.45, 7) is -1.11. The molecule has 10 atom stereocenters. The van der Waals surface area contributed by atoms with Crippen molar-refractivity contribution in [2.24, 2.45) is 0 Å². The van der Waals surface area contributed by atoms with Gasteiger partial charge in [-0.1, -0.05) is 48.5 Å². The molecular formula is C39H42N2O12. The van der Waals surface area contributed by atoms with Gasteiger partial charge in [-0.05, 0) is 77.2 Å². The van der Waals surface area contributed by atoms with Crippen molar-refractivity contribution in [1.82, 2.24) is 0 Å². The summed E-state index contributed by atoms with van der Waals surface area (Å²) in [7, 11) is 0. The highest BCUT2D eigenvalue weighted by molar-refractivity contribution is 6.05. The van der Waals surface area contributed by atoms with Crippen molar-refractivity contribution in [1.29, 1.82) is 0 Å². The number of aliphatic hydroxyl groups excluding tert-OH is 8. The minimum Gasteiger partial charge on any atom is -0.394 e. The van der Waals surface area contributed by atoms with Gasteiger partial charge in [0.05, 0.1) is 13.2 Å². The van der Waals surface area contributed by atoms with Gasteiger partial charge in [-0.2, -0.15) is 0 Å². The fourth-order valence-corrected chi connectivity index (χ4v) is 6.52. The molecule has 2 fully saturated rings. The largest absolute Gasteiger partial charge is 0.394 e. The van der Waals surface area contributed by atoms with E-state index in [9.17, 15) is 50.4 Å². The summed E-state index contributed by atoms with van der Waals surface area (Å²) < 4.78 is 11.2. The van der Waals surface area contributed by atoms with Crippen LogP contribution in [-0.4, -0.2) is 115 Å². The van der Waals surface area contributed by atoms with Gasteiger partial charge in [0.2, 0.25) is 0 Å². The second kappa shape index (κ2) is 16.6. The van der Waals surface area contributed by atoms with Crippen LogP contribution in [0.3, 0.4) is 0 Å². The Morgan fingerprint density at radius 2 is 0.887 bits per heavy atom. The summed E-state index contributed by atoms with van der Waals surface area (Å²) in [5.41, 5.74) is 4.38. The van der Waals surface area contributed by atoms with Crippen molar-refractivity contribution in [3.63, 3.8) is 0 Å². The van der Waals surface area contributed by atoms with Gasteiger partial charge in [0.1, 0.15) is 61.0 Å². The number of hydrogen-bond acceptors (Lipinski definition) is 12. The van der Waals surface area contributed by atoms with E-state index >= 15 is 0 Å². The normalized spacial score (nSPS) is 28.6. The molecule has 0 aromatic heterocycles. The average Bonchev–Trinajstić information content (AvgIpc) is 3.18. The number of hydrogen-bond donors (Lipinski definition) is 10. The van der Waals surface area contributed by atoms with E-state index in [2.05, 4.69) is 10.6 Å². The number of aliphatic hydroxyl groups is 8. The molecule has 4 aromatic carbocycles. The minimum atomic E-state index is -1.53. The molecule has 4 aromatic rings. The molecule has 2 aliphatic heterocycles. The van der Waals surface area contributed by atoms with E-state index in [1.54, 1.807) is 60.7 Å². The van der Waals surface area contributed by atoms with Crippen LogP contribution < -0.4 is 10.6 Å². The van der Waals surface area contributed by atoms with Crippen LogP contribution >= 0.6 is 0 Å². The molecule has 53 heavy (non-hydrogen) atoms. The lowest BCUT2D eigenvalue weighted by molar-refractivity contribution is -0.231. The maximum absolute atomic E-state index is 13.1. The molecule has 0 saturated carbocycles. The standard InChI is InChI=1S/C39H42N2O12/c42-18-28-30(44)32(46)34(48)36(52-28)22-3-1-5-24(16-22)38(50)40-26-11-7-20(8-12-26)15-21-9-13-27(14-10-21)41-39(51)25-6-2-4-23(17-25)37-35(49)33(47)31(45)29(19-43)53-37/h1-14,16-17,28-37,42-49H,15,18-19H2,(H,40,50)(H,41,51)/t28-,29-,30-,31-,32+,33+,34-,35+,36-,37-/m1/s1. The topological polar surface area (TPSA) is 238 Å². The summed E-state index contributed by atoms with van der Waals surface area (Å²) in [5.74, 6) is -0.829. The molecular weight excluding hydrogens is 688 g/mol. The highest BCUT2D eigenvalue weighted by atomic mass is 16.6. The van der Waals surface area contributed by atoms with Crippen LogP contribution in [0.25, 0.3) is 0 Å². The lowest BCUT2D eigenvalue weighted by Crippen LogP contribution is -2.55. The van der Waals surface area contributed by atoms with Gasteiger partial charge in [-0.25, -0.2) is 0 Å². The van der Waals surface area contributed by atoms with Gasteiger partial charge in [0.25, 0.3) is 11.8 Å². The Hall–Kier alpha value is -4.58. The van der Waals surface area contributed by atoms with Gasteiger partial charge in [0.15, 0.2) is 0 Å². The Bertz CT molecular complexity index is 1730. The first-order chi connectivity index (χ1) is 25.5. The smallest absolute Gasteiger partial charge is 0.255 e. The molecule has 6 rings (SSSR count). The Morgan fingerprint density at radius 1 is 0.509 bits per heavy atom. The first-order valence-corrected chi connectivity index (χ1v) is 17.1. The zero-order valence-corrected chi connectivity index (χ0v) is 28.3. The Balaban J connectivity index is 1.03. The Labute approximate surface area is 304 Å². The Morgan fingerprint density at radius 3 is 1.25 bits per heavy atom. The first-order valence-electron chi connectivity index (χ1n) is 17.1. The fourth-order valence-electron chi connectivity index (χ4n) is 6.52. The van der Waals surface area contributed by atoms with Crippen molar-refractivity contribution in [3.8, 4) is 0 Å². The number of benzene rings is 4. The van der Waals surface area contributed by atoms with Crippen LogP contribution in [0.5, 0.6) is 0 Å². The number of amides is 2. The predicted octanol–water partition coefficient (Wildman–Crippen LogP) is 0.812. The number of ether oxygens (including phenoxy) is 2. The van der Waals surface area contributed by atoms with Crippen LogP contribution in [0.1, 0.15) is 55.2 Å². The summed E-state index contributed by atoms with van der Waals surface area (Å²) in [6.07, 6.45) is -12.7. The van der Waals surface area contributed by atoms with Crippen LogP contribution in [0.4, 0.5) is 11.4 Å². The van der Waals surface area contributed by atoms with Gasteiger partial charge >= 0.3 is 0 Å². The SMILES string of the molecule is O=C(Nc1ccc(Cc2ccc(NC(=O)c3cccc([C@H]4O[C@H](CO)[C@@H](O)[C@H](O)[C@@H]4O)c3)cc2)cc1)c1cccc([C@H]2O[C@H](CO)[C@@H](O)[C@H](O)[C@H]2O)c1. The third-order valence-electron chi connectivity index (χ3n) is 9.57. The summed E-state index contributed by atoms with van der Waals surface area (Å²) in [5, 5.41) is 86.1. The molecule has 280 valence electrons. The molecule has 2 amide bonds. The second-order valence-corrected chi connectivity index (χ2v) is 13.2. The number of carbonyl (C=O) groups excluding carboxylic acids is 2. The van der Waals surface area contributed by atoms with Crippen molar-refractivity contribution < 1.29 is 59.9 Å². The van der Waals surface area contributed by atoms with E-state index in [1.165, 1.54) is 12.1 Å². The van der Waals surface area contributed by atoms with Crippen molar-refractivity contribution in [2.75, 3.05) is 23.8 Å². The van der Waals surface area contributed by atoms with Gasteiger partial charge < -0.3 is 61.0 Å². The van der Waals surface area contributed by atoms with Gasteiger partial charge in [-0.3, -0.25) is 9.59 Å². The van der Waals surface area contributed by atoms with E-state index in [1.807, 2.05) is 24.3 Å². The average molecular weight is 731 g/mol. The monoisotopic (exact) mass is 730 g/mol. The summed E-state index contributed by atoms with van der Waals surface area (Å²) in [6, 6.07) is 27.2. The van der Waals surface area contributed by atoms with Crippen LogP contribution in [0, 0.1) is 0 Å². The Kier molecular flexibility index (Phi) is 12.0. The van der Waals surface area contributed by atoms with Gasteiger partial charge in [-0.15, -0.1) is 0 Å². The van der Waals surface area contributed by atoms with E-state index in [0.29, 0.717) is 28.9 Å². The maximum Gasteiger partial charge on any atom is 0.255 e. The number of anilines is 2. The van der Waals surface area contributed by atoms with Crippen LogP contribution in [-0.2, 0) is 15.9 Å². The van der Waals surface area contributed by atoms with E-state index in [4.69, 9.17) is 9.47 Å². The zero-order valence-electron chi connectivity index (χ0n) is 28.3. The lowest BCUT2D eigenvalue weighted by Gasteiger charge is -2.40. The van der Waals surface area contributed by atoms with Crippen LogP contribution in [0.2, 0.25) is 0 Å². The molecule has 0 bridgehead atoms. The molecule has 0 radical (unpaired) electrons. The van der Waals surface area contributed by atoms with E-state index < -0.39 is 86.1 Å². The number of carbonyl (C=O) groups is 2. The molecule has 2 heterocycles. The summed E-state index contributed by atoms with van der Waals surface area (Å²) >= 11 is 0. The maximum atomic E-state index is 13.1. The van der Waals surface area contributed by atoms with Crippen molar-refractivity contribution in [3.05, 3.63) is 130 Å². The fraction of sp³-hybridized carbons (Fsp3) is 0.333. The molecule has 2 saturated heterocycles. The van der Waals surface area contributed by atoms with Crippen LogP contribution in [0.15, 0.2) is 97.1 Å². The minimum absolute atomic E-state index is 0.275.